The molecule has 0 aliphatic heterocycles. The van der Waals surface area contributed by atoms with E-state index in [9.17, 15) is 4.39 Å². The molecule has 0 spiro atoms. The normalized spacial score (nSPS) is 12.2. The Morgan fingerprint density at radius 2 is 1.76 bits per heavy atom. The van der Waals surface area contributed by atoms with Gasteiger partial charge in [0, 0.05) is 6.04 Å². The van der Waals surface area contributed by atoms with Crippen molar-refractivity contribution in [3.05, 3.63) is 65.0 Å². The standard InChI is InChI=1S/C18H22FNO/c1-13-3-5-14(6-4-13)7-9-16(20)11-15-8-10-18(21-2)17(19)12-15/h3-6,8,10,12,16H,7,9,11,20H2,1-2H3. The first kappa shape index (κ1) is 15.5. The van der Waals surface area contributed by atoms with Crippen LogP contribution in [0.3, 0.4) is 0 Å². The predicted octanol–water partition coefficient (Wildman–Crippen LogP) is 3.65. The van der Waals surface area contributed by atoms with E-state index in [4.69, 9.17) is 10.5 Å². The molecular weight excluding hydrogens is 265 g/mol. The first-order valence-corrected chi connectivity index (χ1v) is 7.22. The Balaban J connectivity index is 1.88. The lowest BCUT2D eigenvalue weighted by Crippen LogP contribution is -2.23. The van der Waals surface area contributed by atoms with Gasteiger partial charge in [-0.1, -0.05) is 35.9 Å². The molecule has 0 heterocycles. The van der Waals surface area contributed by atoms with Crippen LogP contribution in [0, 0.1) is 12.7 Å². The maximum atomic E-state index is 13.6. The Labute approximate surface area is 125 Å². The molecule has 0 aromatic heterocycles. The van der Waals surface area contributed by atoms with Gasteiger partial charge in [0.2, 0.25) is 0 Å². The Morgan fingerprint density at radius 1 is 1.10 bits per heavy atom. The van der Waals surface area contributed by atoms with E-state index in [-0.39, 0.29) is 17.6 Å². The lowest BCUT2D eigenvalue weighted by Gasteiger charge is -2.12. The van der Waals surface area contributed by atoms with Gasteiger partial charge in [0.1, 0.15) is 0 Å². The summed E-state index contributed by atoms with van der Waals surface area (Å²) in [5.74, 6) is -0.0623. The zero-order valence-corrected chi connectivity index (χ0v) is 12.6. The minimum Gasteiger partial charge on any atom is -0.494 e. The molecule has 0 aliphatic rings. The number of hydrogen-bond donors (Lipinski definition) is 1. The zero-order chi connectivity index (χ0) is 15.2. The number of benzene rings is 2. The van der Waals surface area contributed by atoms with Gasteiger partial charge in [0.25, 0.3) is 0 Å². The molecule has 0 radical (unpaired) electrons. The van der Waals surface area contributed by atoms with E-state index in [1.54, 1.807) is 6.07 Å². The predicted molar refractivity (Wildman–Crippen MR) is 84.1 cm³/mol. The first-order valence-electron chi connectivity index (χ1n) is 7.22. The molecule has 0 amide bonds. The maximum absolute atomic E-state index is 13.6. The van der Waals surface area contributed by atoms with E-state index in [2.05, 4.69) is 31.2 Å². The summed E-state index contributed by atoms with van der Waals surface area (Å²) in [6.07, 6.45) is 2.50. The van der Waals surface area contributed by atoms with Crippen LogP contribution in [0.2, 0.25) is 0 Å². The van der Waals surface area contributed by atoms with Crippen LogP contribution in [-0.4, -0.2) is 13.2 Å². The average molecular weight is 287 g/mol. The summed E-state index contributed by atoms with van der Waals surface area (Å²) in [5.41, 5.74) is 9.61. The van der Waals surface area contributed by atoms with Gasteiger partial charge in [-0.05, 0) is 49.4 Å². The van der Waals surface area contributed by atoms with Gasteiger partial charge >= 0.3 is 0 Å². The minimum atomic E-state index is -0.333. The molecule has 2 N–H and O–H groups in total. The molecule has 0 saturated heterocycles. The monoisotopic (exact) mass is 287 g/mol. The van der Waals surface area contributed by atoms with Crippen molar-refractivity contribution < 1.29 is 9.13 Å². The average Bonchev–Trinajstić information content (AvgIpc) is 2.47. The van der Waals surface area contributed by atoms with Crippen LogP contribution >= 0.6 is 0 Å². The van der Waals surface area contributed by atoms with Gasteiger partial charge in [0.05, 0.1) is 7.11 Å². The van der Waals surface area contributed by atoms with E-state index in [0.29, 0.717) is 6.42 Å². The highest BCUT2D eigenvalue weighted by Gasteiger charge is 2.08. The fraction of sp³-hybridized carbons (Fsp3) is 0.333. The van der Waals surface area contributed by atoms with E-state index in [0.717, 1.165) is 18.4 Å². The summed E-state index contributed by atoms with van der Waals surface area (Å²) < 4.78 is 18.5. The van der Waals surface area contributed by atoms with E-state index < -0.39 is 0 Å². The third kappa shape index (κ3) is 4.57. The quantitative estimate of drug-likeness (QED) is 0.880. The molecule has 2 aromatic rings. The fourth-order valence-electron chi connectivity index (χ4n) is 2.35. The van der Waals surface area contributed by atoms with Crippen LogP contribution in [0.25, 0.3) is 0 Å². The van der Waals surface area contributed by atoms with E-state index in [1.165, 1.54) is 24.3 Å². The minimum absolute atomic E-state index is 0.0269. The smallest absolute Gasteiger partial charge is 0.165 e. The van der Waals surface area contributed by atoms with Crippen molar-refractivity contribution in [1.29, 1.82) is 0 Å². The lowest BCUT2D eigenvalue weighted by molar-refractivity contribution is 0.386. The second-order valence-corrected chi connectivity index (χ2v) is 5.46. The van der Waals surface area contributed by atoms with Crippen molar-refractivity contribution in [2.45, 2.75) is 32.2 Å². The maximum Gasteiger partial charge on any atom is 0.165 e. The van der Waals surface area contributed by atoms with Crippen LogP contribution in [0.4, 0.5) is 4.39 Å². The highest BCUT2D eigenvalue weighted by atomic mass is 19.1. The second-order valence-electron chi connectivity index (χ2n) is 5.46. The Hall–Kier alpha value is -1.87. The molecule has 0 bridgehead atoms. The largest absolute Gasteiger partial charge is 0.494 e. The fourth-order valence-corrected chi connectivity index (χ4v) is 2.35. The highest BCUT2D eigenvalue weighted by Crippen LogP contribution is 2.19. The van der Waals surface area contributed by atoms with Crippen molar-refractivity contribution >= 4 is 0 Å². The molecule has 1 atom stereocenters. The number of aryl methyl sites for hydroxylation is 2. The molecule has 112 valence electrons. The molecule has 3 heteroatoms. The zero-order valence-electron chi connectivity index (χ0n) is 12.6. The van der Waals surface area contributed by atoms with E-state index >= 15 is 0 Å². The Morgan fingerprint density at radius 3 is 2.38 bits per heavy atom. The number of halogens is 1. The van der Waals surface area contributed by atoms with Gasteiger partial charge in [-0.25, -0.2) is 4.39 Å². The second kappa shape index (κ2) is 7.23. The third-order valence-corrected chi connectivity index (χ3v) is 3.64. The summed E-state index contributed by atoms with van der Waals surface area (Å²) in [5, 5.41) is 0. The van der Waals surface area contributed by atoms with E-state index in [1.807, 2.05) is 6.07 Å². The summed E-state index contributed by atoms with van der Waals surface area (Å²) >= 11 is 0. The Bertz CT molecular complexity index is 580. The lowest BCUT2D eigenvalue weighted by atomic mass is 9.99. The third-order valence-electron chi connectivity index (χ3n) is 3.64. The van der Waals surface area contributed by atoms with Gasteiger partial charge in [-0.2, -0.15) is 0 Å². The number of hydrogen-bond acceptors (Lipinski definition) is 2. The molecule has 0 saturated carbocycles. The highest BCUT2D eigenvalue weighted by molar-refractivity contribution is 5.29. The number of nitrogens with two attached hydrogens (primary N) is 1. The van der Waals surface area contributed by atoms with Gasteiger partial charge in [0.15, 0.2) is 11.6 Å². The molecule has 2 nitrogen and oxygen atoms in total. The van der Waals surface area contributed by atoms with Crippen LogP contribution in [-0.2, 0) is 12.8 Å². The van der Waals surface area contributed by atoms with Crippen molar-refractivity contribution in [2.75, 3.05) is 7.11 Å². The Kier molecular flexibility index (Phi) is 5.34. The van der Waals surface area contributed by atoms with Gasteiger partial charge in [-0.15, -0.1) is 0 Å². The molecule has 21 heavy (non-hydrogen) atoms. The van der Waals surface area contributed by atoms with Crippen LogP contribution < -0.4 is 10.5 Å². The van der Waals surface area contributed by atoms with Crippen molar-refractivity contribution in [2.24, 2.45) is 5.73 Å². The molecule has 2 rings (SSSR count). The molecule has 1 unspecified atom stereocenters. The van der Waals surface area contributed by atoms with Crippen molar-refractivity contribution in [3.8, 4) is 5.75 Å². The van der Waals surface area contributed by atoms with Crippen LogP contribution in [0.1, 0.15) is 23.1 Å². The first-order chi connectivity index (χ1) is 10.1. The molecule has 2 aromatic carbocycles. The SMILES string of the molecule is COc1ccc(CC(N)CCc2ccc(C)cc2)cc1F. The van der Waals surface area contributed by atoms with Gasteiger partial charge in [-0.3, -0.25) is 0 Å². The summed E-state index contributed by atoms with van der Waals surface area (Å²) in [7, 11) is 1.46. The summed E-state index contributed by atoms with van der Waals surface area (Å²) in [4.78, 5) is 0. The summed E-state index contributed by atoms with van der Waals surface area (Å²) in [6.45, 7) is 2.08. The van der Waals surface area contributed by atoms with Crippen LogP contribution in [0.15, 0.2) is 42.5 Å². The summed E-state index contributed by atoms with van der Waals surface area (Å²) in [6, 6.07) is 13.5. The number of ether oxygens (including phenoxy) is 1. The van der Waals surface area contributed by atoms with Crippen LogP contribution in [0.5, 0.6) is 5.75 Å². The van der Waals surface area contributed by atoms with Gasteiger partial charge < -0.3 is 10.5 Å². The van der Waals surface area contributed by atoms with Crippen molar-refractivity contribution in [3.63, 3.8) is 0 Å². The topological polar surface area (TPSA) is 35.2 Å². The molecule has 0 fully saturated rings. The molecule has 0 aliphatic carbocycles. The molecular formula is C18H22FNO. The van der Waals surface area contributed by atoms with Crippen molar-refractivity contribution in [1.82, 2.24) is 0 Å². The number of methoxy groups -OCH3 is 1. The number of rotatable bonds is 6.